The fourth-order valence-corrected chi connectivity index (χ4v) is 2.68. The number of tetrazole rings is 1. The molecule has 3 rings (SSSR count). The molecule has 1 heterocycles. The summed E-state index contributed by atoms with van der Waals surface area (Å²) in [6.07, 6.45) is 0. The minimum atomic E-state index is -0.794. The maximum Gasteiger partial charge on any atom is 0.234 e. The molecule has 128 valence electrons. The lowest BCUT2D eigenvalue weighted by molar-refractivity contribution is -0.113. The number of hydrogen-bond donors (Lipinski definition) is 1. The van der Waals surface area contributed by atoms with Gasteiger partial charge in [-0.05, 0) is 40.8 Å². The Labute approximate surface area is 144 Å². The molecule has 0 saturated heterocycles. The zero-order valence-electron chi connectivity index (χ0n) is 12.5. The van der Waals surface area contributed by atoms with Gasteiger partial charge in [0.2, 0.25) is 11.1 Å². The number of rotatable bonds is 5. The molecule has 0 unspecified atom stereocenters. The molecule has 0 saturated carbocycles. The fraction of sp³-hybridized carbons (Fsp3) is 0.0667. The number of carbonyl (C=O) groups is 1. The van der Waals surface area contributed by atoms with Crippen molar-refractivity contribution in [3.8, 4) is 5.69 Å². The molecule has 0 radical (unpaired) electrons. The second-order valence-electron chi connectivity index (χ2n) is 4.85. The van der Waals surface area contributed by atoms with Crippen LogP contribution in [0.1, 0.15) is 0 Å². The largest absolute Gasteiger partial charge is 0.325 e. The van der Waals surface area contributed by atoms with Gasteiger partial charge in [-0.2, -0.15) is 4.68 Å². The van der Waals surface area contributed by atoms with Crippen molar-refractivity contribution >= 4 is 23.4 Å². The molecule has 1 N–H and O–H groups in total. The topological polar surface area (TPSA) is 72.7 Å². The lowest BCUT2D eigenvalue weighted by atomic mass is 10.3. The summed E-state index contributed by atoms with van der Waals surface area (Å²) in [5.74, 6) is -2.64. The van der Waals surface area contributed by atoms with Gasteiger partial charge in [0, 0.05) is 11.8 Å². The molecule has 0 fully saturated rings. The lowest BCUT2D eigenvalue weighted by Crippen LogP contribution is -2.15. The van der Waals surface area contributed by atoms with E-state index in [1.54, 1.807) is 6.07 Å². The first kappa shape index (κ1) is 17.0. The Morgan fingerprint density at radius 2 is 1.84 bits per heavy atom. The van der Waals surface area contributed by atoms with Crippen LogP contribution in [0.15, 0.2) is 47.6 Å². The van der Waals surface area contributed by atoms with E-state index in [2.05, 4.69) is 20.8 Å². The average Bonchev–Trinajstić information content (AvgIpc) is 3.00. The minimum Gasteiger partial charge on any atom is -0.325 e. The van der Waals surface area contributed by atoms with Crippen molar-refractivity contribution in [1.82, 2.24) is 20.2 Å². The molecule has 0 spiro atoms. The zero-order chi connectivity index (χ0) is 17.8. The zero-order valence-corrected chi connectivity index (χ0v) is 13.3. The number of hydrogen-bond acceptors (Lipinski definition) is 5. The number of halogens is 3. The second-order valence-corrected chi connectivity index (χ2v) is 5.79. The summed E-state index contributed by atoms with van der Waals surface area (Å²) >= 11 is 0.995. The van der Waals surface area contributed by atoms with Crippen LogP contribution in [0.3, 0.4) is 0 Å². The van der Waals surface area contributed by atoms with Crippen molar-refractivity contribution in [2.45, 2.75) is 5.16 Å². The molecule has 0 bridgehead atoms. The first-order valence-corrected chi connectivity index (χ1v) is 7.93. The van der Waals surface area contributed by atoms with Crippen LogP contribution in [0, 0.1) is 17.5 Å². The SMILES string of the molecule is O=C(CSc1nnnn1-c1cccc(F)c1)Nc1cc(F)cc(F)c1. The smallest absolute Gasteiger partial charge is 0.234 e. The Balaban J connectivity index is 1.66. The van der Waals surface area contributed by atoms with Crippen LogP contribution in [0.2, 0.25) is 0 Å². The normalized spacial score (nSPS) is 10.7. The standard InChI is InChI=1S/C15H10F3N5OS/c16-9-2-1-3-13(7-9)23-15(20-21-22-23)25-8-14(24)19-12-5-10(17)4-11(18)6-12/h1-7H,8H2,(H,19,24). The summed E-state index contributed by atoms with van der Waals surface area (Å²) in [6.45, 7) is 0. The van der Waals surface area contributed by atoms with Gasteiger partial charge in [-0.3, -0.25) is 4.79 Å². The summed E-state index contributed by atoms with van der Waals surface area (Å²) in [4.78, 5) is 11.9. The summed E-state index contributed by atoms with van der Waals surface area (Å²) in [6, 6.07) is 8.36. The molecule has 3 aromatic rings. The van der Waals surface area contributed by atoms with E-state index in [4.69, 9.17) is 0 Å². The highest BCUT2D eigenvalue weighted by molar-refractivity contribution is 7.99. The van der Waals surface area contributed by atoms with Crippen LogP contribution in [0.5, 0.6) is 0 Å². The van der Waals surface area contributed by atoms with E-state index in [1.165, 1.54) is 22.9 Å². The van der Waals surface area contributed by atoms with Gasteiger partial charge in [0.05, 0.1) is 11.4 Å². The molecular weight excluding hydrogens is 355 g/mol. The third kappa shape index (κ3) is 4.35. The number of aromatic nitrogens is 4. The summed E-state index contributed by atoms with van der Waals surface area (Å²) < 4.78 is 40.8. The quantitative estimate of drug-likeness (QED) is 0.704. The number of anilines is 1. The van der Waals surface area contributed by atoms with Gasteiger partial charge in [-0.25, -0.2) is 13.2 Å². The Kier molecular flexibility index (Phi) is 4.98. The van der Waals surface area contributed by atoms with Gasteiger partial charge in [0.15, 0.2) is 0 Å². The van der Waals surface area contributed by atoms with E-state index in [0.717, 1.165) is 23.9 Å². The number of benzene rings is 2. The lowest BCUT2D eigenvalue weighted by Gasteiger charge is -2.06. The third-order valence-corrected chi connectivity index (χ3v) is 3.89. The van der Waals surface area contributed by atoms with Crippen LogP contribution in [0.4, 0.5) is 18.9 Å². The Hall–Kier alpha value is -2.88. The highest BCUT2D eigenvalue weighted by Crippen LogP contribution is 2.19. The van der Waals surface area contributed by atoms with Gasteiger partial charge in [0.1, 0.15) is 17.5 Å². The molecule has 0 aliphatic rings. The Morgan fingerprint density at radius 1 is 1.08 bits per heavy atom. The van der Waals surface area contributed by atoms with Crippen LogP contribution < -0.4 is 5.32 Å². The highest BCUT2D eigenvalue weighted by atomic mass is 32.2. The van der Waals surface area contributed by atoms with E-state index in [1.807, 2.05) is 0 Å². The van der Waals surface area contributed by atoms with Crippen molar-refractivity contribution in [3.05, 3.63) is 59.9 Å². The molecular formula is C15H10F3N5OS. The number of thioether (sulfide) groups is 1. The maximum absolute atomic E-state index is 13.3. The van der Waals surface area contributed by atoms with Gasteiger partial charge in [0.25, 0.3) is 0 Å². The third-order valence-electron chi connectivity index (χ3n) is 2.97. The van der Waals surface area contributed by atoms with Crippen LogP contribution in [-0.2, 0) is 4.79 Å². The number of nitrogens with zero attached hydrogens (tertiary/aromatic N) is 4. The summed E-state index contributed by atoms with van der Waals surface area (Å²) in [7, 11) is 0. The molecule has 0 aliphatic heterocycles. The molecule has 1 aromatic heterocycles. The Morgan fingerprint density at radius 3 is 2.56 bits per heavy atom. The van der Waals surface area contributed by atoms with E-state index >= 15 is 0 Å². The van der Waals surface area contributed by atoms with Crippen LogP contribution in [0.25, 0.3) is 5.69 Å². The van der Waals surface area contributed by atoms with Crippen molar-refractivity contribution in [2.75, 3.05) is 11.1 Å². The maximum atomic E-state index is 13.3. The summed E-state index contributed by atoms with van der Waals surface area (Å²) in [5, 5.41) is 13.7. The van der Waals surface area contributed by atoms with Gasteiger partial charge in [-0.1, -0.05) is 17.8 Å². The minimum absolute atomic E-state index is 0.00724. The van der Waals surface area contributed by atoms with Gasteiger partial charge in [-0.15, -0.1) is 5.10 Å². The summed E-state index contributed by atoms with van der Waals surface area (Å²) in [5.41, 5.74) is 0.410. The average molecular weight is 365 g/mol. The van der Waals surface area contributed by atoms with Crippen molar-refractivity contribution in [1.29, 1.82) is 0 Å². The molecule has 25 heavy (non-hydrogen) atoms. The van der Waals surface area contributed by atoms with Crippen molar-refractivity contribution in [3.63, 3.8) is 0 Å². The first-order chi connectivity index (χ1) is 12.0. The molecule has 0 aliphatic carbocycles. The number of carbonyl (C=O) groups excluding carboxylic acids is 1. The molecule has 0 atom stereocenters. The van der Waals surface area contributed by atoms with Gasteiger partial charge < -0.3 is 5.32 Å². The van der Waals surface area contributed by atoms with Crippen LogP contribution in [-0.4, -0.2) is 31.9 Å². The number of amides is 1. The molecule has 10 heteroatoms. The van der Waals surface area contributed by atoms with E-state index in [9.17, 15) is 18.0 Å². The molecule has 6 nitrogen and oxygen atoms in total. The second kappa shape index (κ2) is 7.34. The molecule has 2 aromatic carbocycles. The predicted octanol–water partition coefficient (Wildman–Crippen LogP) is 2.81. The van der Waals surface area contributed by atoms with Crippen LogP contribution >= 0.6 is 11.8 Å². The fourth-order valence-electron chi connectivity index (χ4n) is 1.99. The van der Waals surface area contributed by atoms with Gasteiger partial charge >= 0.3 is 0 Å². The van der Waals surface area contributed by atoms with E-state index in [0.29, 0.717) is 11.8 Å². The predicted molar refractivity (Wildman–Crippen MR) is 84.8 cm³/mol. The first-order valence-electron chi connectivity index (χ1n) is 6.94. The van der Waals surface area contributed by atoms with Crippen molar-refractivity contribution in [2.24, 2.45) is 0 Å². The van der Waals surface area contributed by atoms with Crippen molar-refractivity contribution < 1.29 is 18.0 Å². The monoisotopic (exact) mass is 365 g/mol. The van der Waals surface area contributed by atoms with E-state index < -0.39 is 23.4 Å². The molecule has 1 amide bonds. The highest BCUT2D eigenvalue weighted by Gasteiger charge is 2.12. The van der Waals surface area contributed by atoms with E-state index in [-0.39, 0.29) is 16.6 Å². The Bertz CT molecular complexity index is 897. The number of nitrogens with one attached hydrogen (secondary N) is 1.